The molecule has 154 valence electrons. The first-order valence-electron chi connectivity index (χ1n) is 10.1. The highest BCUT2D eigenvalue weighted by Gasteiger charge is 2.17. The number of fused-ring (bicyclic) bond motifs is 1. The fraction of sp³-hybridized carbons (Fsp3) is 0.429. The number of benzene rings is 1. The summed E-state index contributed by atoms with van der Waals surface area (Å²) in [7, 11) is 3.86. The molecular formula is C21H29N7O. The van der Waals surface area contributed by atoms with Crippen molar-refractivity contribution in [3.63, 3.8) is 0 Å². The van der Waals surface area contributed by atoms with Crippen molar-refractivity contribution in [2.24, 2.45) is 0 Å². The van der Waals surface area contributed by atoms with Crippen molar-refractivity contribution in [3.8, 4) is 5.75 Å². The van der Waals surface area contributed by atoms with Gasteiger partial charge in [0.2, 0.25) is 5.95 Å². The Labute approximate surface area is 171 Å². The van der Waals surface area contributed by atoms with Crippen molar-refractivity contribution in [1.29, 1.82) is 0 Å². The third-order valence-corrected chi connectivity index (χ3v) is 5.36. The third-order valence-electron chi connectivity index (χ3n) is 5.36. The van der Waals surface area contributed by atoms with Crippen molar-refractivity contribution in [2.45, 2.75) is 13.8 Å². The Morgan fingerprint density at radius 1 is 1.17 bits per heavy atom. The minimum atomic E-state index is 0.543. The van der Waals surface area contributed by atoms with E-state index in [0.717, 1.165) is 66.6 Å². The Balaban J connectivity index is 1.62. The second-order valence-corrected chi connectivity index (χ2v) is 7.42. The van der Waals surface area contributed by atoms with Crippen LogP contribution >= 0.6 is 0 Å². The average Bonchev–Trinajstić information content (AvgIpc) is 3.10. The van der Waals surface area contributed by atoms with E-state index in [1.165, 1.54) is 5.69 Å². The smallest absolute Gasteiger partial charge is 0.229 e. The van der Waals surface area contributed by atoms with Crippen LogP contribution in [-0.4, -0.2) is 66.7 Å². The minimum Gasteiger partial charge on any atom is -0.494 e. The first-order valence-corrected chi connectivity index (χ1v) is 10.1. The van der Waals surface area contributed by atoms with Crippen molar-refractivity contribution in [3.05, 3.63) is 30.0 Å². The van der Waals surface area contributed by atoms with Crippen LogP contribution in [-0.2, 0) is 0 Å². The maximum Gasteiger partial charge on any atom is 0.229 e. The molecule has 0 spiro atoms. The first-order chi connectivity index (χ1) is 14.1. The van der Waals surface area contributed by atoms with Crippen LogP contribution in [0.15, 0.2) is 24.4 Å². The number of methoxy groups -OCH3 is 1. The van der Waals surface area contributed by atoms with E-state index < -0.39 is 0 Å². The quantitative estimate of drug-likeness (QED) is 0.591. The molecule has 2 aromatic heterocycles. The molecule has 1 aliphatic heterocycles. The molecule has 4 rings (SSSR count). The fourth-order valence-corrected chi connectivity index (χ4v) is 3.65. The Kier molecular flexibility index (Phi) is 5.44. The molecule has 0 unspecified atom stereocenters. The number of nitrogens with zero attached hydrogens (tertiary/aromatic N) is 4. The molecule has 3 N–H and O–H groups in total. The lowest BCUT2D eigenvalue weighted by Gasteiger charge is -2.34. The molecule has 0 amide bonds. The largest absolute Gasteiger partial charge is 0.494 e. The van der Waals surface area contributed by atoms with E-state index in [1.807, 2.05) is 19.2 Å². The molecule has 8 heteroatoms. The Hall–Kier alpha value is -3.00. The van der Waals surface area contributed by atoms with Gasteiger partial charge in [0.05, 0.1) is 18.3 Å². The lowest BCUT2D eigenvalue weighted by Crippen LogP contribution is -2.44. The zero-order valence-corrected chi connectivity index (χ0v) is 17.5. The van der Waals surface area contributed by atoms with E-state index in [-0.39, 0.29) is 0 Å². The Morgan fingerprint density at radius 2 is 1.97 bits per heavy atom. The predicted octanol–water partition coefficient (Wildman–Crippen LogP) is 3.20. The zero-order chi connectivity index (χ0) is 20.4. The van der Waals surface area contributed by atoms with Gasteiger partial charge in [-0.05, 0) is 38.6 Å². The number of aromatic amines is 1. The lowest BCUT2D eigenvalue weighted by molar-refractivity contribution is 0.312. The number of aromatic nitrogens is 3. The van der Waals surface area contributed by atoms with E-state index in [1.54, 1.807) is 7.11 Å². The van der Waals surface area contributed by atoms with Gasteiger partial charge in [0.15, 0.2) is 5.82 Å². The van der Waals surface area contributed by atoms with Gasteiger partial charge < -0.3 is 30.2 Å². The summed E-state index contributed by atoms with van der Waals surface area (Å²) in [6, 6.07) is 6.25. The van der Waals surface area contributed by atoms with Crippen molar-refractivity contribution >= 4 is 34.2 Å². The number of anilines is 4. The molecule has 8 nitrogen and oxygen atoms in total. The average molecular weight is 396 g/mol. The summed E-state index contributed by atoms with van der Waals surface area (Å²) in [5.74, 6) is 2.11. The molecule has 1 aliphatic rings. The van der Waals surface area contributed by atoms with Gasteiger partial charge in [-0.15, -0.1) is 0 Å². The Bertz CT molecular complexity index is 992. The normalized spacial score (nSPS) is 15.0. The maximum absolute atomic E-state index is 5.67. The van der Waals surface area contributed by atoms with Crippen LogP contribution in [0.2, 0.25) is 0 Å². The molecule has 0 saturated carbocycles. The first kappa shape index (κ1) is 19.3. The summed E-state index contributed by atoms with van der Waals surface area (Å²) in [5, 5.41) is 6.65. The fourth-order valence-electron chi connectivity index (χ4n) is 3.65. The van der Waals surface area contributed by atoms with Gasteiger partial charge in [-0.25, -0.2) is 4.98 Å². The van der Waals surface area contributed by atoms with Crippen LogP contribution in [0.25, 0.3) is 11.0 Å². The number of ether oxygens (including phenoxy) is 1. The summed E-state index contributed by atoms with van der Waals surface area (Å²) < 4.78 is 5.67. The summed E-state index contributed by atoms with van der Waals surface area (Å²) in [5.41, 5.74) is 4.94. The molecule has 0 bridgehead atoms. The van der Waals surface area contributed by atoms with E-state index in [4.69, 9.17) is 9.72 Å². The van der Waals surface area contributed by atoms with Crippen molar-refractivity contribution in [1.82, 2.24) is 19.9 Å². The highest BCUT2D eigenvalue weighted by Crippen LogP contribution is 2.33. The zero-order valence-electron chi connectivity index (χ0n) is 17.5. The molecular weight excluding hydrogens is 366 g/mol. The van der Waals surface area contributed by atoms with Crippen molar-refractivity contribution in [2.75, 3.05) is 62.4 Å². The van der Waals surface area contributed by atoms with Crippen LogP contribution in [0.1, 0.15) is 12.5 Å². The molecule has 1 saturated heterocycles. The van der Waals surface area contributed by atoms with Gasteiger partial charge in [0.25, 0.3) is 0 Å². The Morgan fingerprint density at radius 3 is 2.69 bits per heavy atom. The molecule has 29 heavy (non-hydrogen) atoms. The number of hydrogen-bond acceptors (Lipinski definition) is 7. The molecule has 3 aromatic rings. The number of H-pyrrole nitrogens is 1. The molecule has 3 heterocycles. The standard InChI is InChI=1S/C21H29N7O/c1-5-22-20-19-18(14(2)13-23-19)25-21(26-20)24-16-7-6-15(12-17(16)29-4)28-10-8-27(3)9-11-28/h6-7,12-13,23H,5,8-11H2,1-4H3,(H2,22,24,25,26). The summed E-state index contributed by atoms with van der Waals surface area (Å²) in [6.45, 7) is 9.05. The van der Waals surface area contributed by atoms with Gasteiger partial charge in [0, 0.05) is 50.7 Å². The van der Waals surface area contributed by atoms with Gasteiger partial charge in [-0.2, -0.15) is 4.98 Å². The van der Waals surface area contributed by atoms with E-state index in [2.05, 4.69) is 56.5 Å². The van der Waals surface area contributed by atoms with Gasteiger partial charge in [0.1, 0.15) is 11.3 Å². The van der Waals surface area contributed by atoms with E-state index >= 15 is 0 Å². The maximum atomic E-state index is 5.67. The monoisotopic (exact) mass is 395 g/mol. The van der Waals surface area contributed by atoms with Crippen LogP contribution < -0.4 is 20.3 Å². The van der Waals surface area contributed by atoms with Gasteiger partial charge in [-0.1, -0.05) is 0 Å². The summed E-state index contributed by atoms with van der Waals surface area (Å²) >= 11 is 0. The highest BCUT2D eigenvalue weighted by molar-refractivity contribution is 5.89. The third kappa shape index (κ3) is 3.93. The minimum absolute atomic E-state index is 0.543. The van der Waals surface area contributed by atoms with E-state index in [9.17, 15) is 0 Å². The van der Waals surface area contributed by atoms with Crippen molar-refractivity contribution < 1.29 is 4.74 Å². The van der Waals surface area contributed by atoms with Crippen LogP contribution in [0.3, 0.4) is 0 Å². The van der Waals surface area contributed by atoms with E-state index in [0.29, 0.717) is 5.95 Å². The topological polar surface area (TPSA) is 81.3 Å². The number of aryl methyl sites for hydroxylation is 1. The summed E-state index contributed by atoms with van der Waals surface area (Å²) in [4.78, 5) is 17.4. The molecule has 1 fully saturated rings. The number of hydrogen-bond donors (Lipinski definition) is 3. The van der Waals surface area contributed by atoms with Gasteiger partial charge in [-0.3, -0.25) is 0 Å². The predicted molar refractivity (Wildman–Crippen MR) is 119 cm³/mol. The molecule has 0 aliphatic carbocycles. The van der Waals surface area contributed by atoms with Crippen LogP contribution in [0.4, 0.5) is 23.1 Å². The molecule has 1 aromatic carbocycles. The lowest BCUT2D eigenvalue weighted by atomic mass is 10.2. The SMILES string of the molecule is CCNc1nc(Nc2ccc(N3CCN(C)CC3)cc2OC)nc2c(C)c[nH]c12. The highest BCUT2D eigenvalue weighted by atomic mass is 16.5. The van der Waals surface area contributed by atoms with Crippen LogP contribution in [0.5, 0.6) is 5.75 Å². The number of nitrogens with one attached hydrogen (secondary N) is 3. The second kappa shape index (κ2) is 8.16. The van der Waals surface area contributed by atoms with Crippen LogP contribution in [0, 0.1) is 6.92 Å². The second-order valence-electron chi connectivity index (χ2n) is 7.42. The number of piperazine rings is 1. The van der Waals surface area contributed by atoms with Gasteiger partial charge >= 0.3 is 0 Å². The number of rotatable bonds is 6. The number of likely N-dealkylation sites (N-methyl/N-ethyl adjacent to an activating group) is 1. The molecule has 0 atom stereocenters. The summed E-state index contributed by atoms with van der Waals surface area (Å²) in [6.07, 6.45) is 1.95. The molecule has 0 radical (unpaired) electrons.